The van der Waals surface area contributed by atoms with Gasteiger partial charge in [-0.25, -0.2) is 9.37 Å². The van der Waals surface area contributed by atoms with E-state index in [9.17, 15) is 4.39 Å². The molecular formula is C15H17FIN5S. The molecule has 0 fully saturated rings. The molecule has 0 aliphatic carbocycles. The summed E-state index contributed by atoms with van der Waals surface area (Å²) in [6.07, 6.45) is 3.95. The van der Waals surface area contributed by atoms with Crippen LogP contribution in [0.1, 0.15) is 11.3 Å². The fourth-order valence-electron chi connectivity index (χ4n) is 2.08. The van der Waals surface area contributed by atoms with Gasteiger partial charge in [-0.2, -0.15) is 0 Å². The Labute approximate surface area is 154 Å². The van der Waals surface area contributed by atoms with Crippen LogP contribution in [0.25, 0.3) is 4.96 Å². The van der Waals surface area contributed by atoms with Crippen LogP contribution in [-0.2, 0) is 13.1 Å². The predicted octanol–water partition coefficient (Wildman–Crippen LogP) is 3.02. The first-order valence-corrected chi connectivity index (χ1v) is 7.73. The van der Waals surface area contributed by atoms with Crippen LogP contribution < -0.4 is 10.6 Å². The summed E-state index contributed by atoms with van der Waals surface area (Å²) < 4.78 is 15.5. The highest BCUT2D eigenvalue weighted by atomic mass is 127. The lowest BCUT2D eigenvalue weighted by molar-refractivity contribution is 0.604. The predicted molar refractivity (Wildman–Crippen MR) is 102 cm³/mol. The molecule has 0 spiro atoms. The van der Waals surface area contributed by atoms with Gasteiger partial charge in [-0.15, -0.1) is 35.3 Å². The summed E-state index contributed by atoms with van der Waals surface area (Å²) in [7, 11) is 1.68. The Morgan fingerprint density at radius 3 is 2.83 bits per heavy atom. The third-order valence-electron chi connectivity index (χ3n) is 3.21. The van der Waals surface area contributed by atoms with Gasteiger partial charge in [0.1, 0.15) is 5.82 Å². The van der Waals surface area contributed by atoms with Gasteiger partial charge in [0.05, 0.1) is 12.2 Å². The number of nitrogens with one attached hydrogen (secondary N) is 2. The standard InChI is InChI=1S/C15H16FN5S.HI/c1-17-14(18-8-11-4-2-3-5-13(11)16)19-9-12-10-21-6-7-22-15(21)20-12;/h2-7,10H,8-9H2,1H3,(H2,17,18,19);1H. The van der Waals surface area contributed by atoms with E-state index < -0.39 is 0 Å². The second-order valence-electron chi connectivity index (χ2n) is 4.70. The monoisotopic (exact) mass is 445 g/mol. The zero-order valence-electron chi connectivity index (χ0n) is 12.5. The average molecular weight is 445 g/mol. The average Bonchev–Trinajstić information content (AvgIpc) is 3.10. The highest BCUT2D eigenvalue weighted by Crippen LogP contribution is 2.11. The number of hydrogen-bond donors (Lipinski definition) is 2. The molecule has 3 rings (SSSR count). The van der Waals surface area contributed by atoms with Gasteiger partial charge in [0.15, 0.2) is 10.9 Å². The SMILES string of the molecule is CN=C(NCc1cn2ccsc2n1)NCc1ccccc1F.I. The van der Waals surface area contributed by atoms with Crippen LogP contribution in [0.3, 0.4) is 0 Å². The van der Waals surface area contributed by atoms with Crippen molar-refractivity contribution in [2.75, 3.05) is 7.05 Å². The fraction of sp³-hybridized carbons (Fsp3) is 0.200. The molecule has 1 aromatic carbocycles. The number of imidazole rings is 1. The van der Waals surface area contributed by atoms with Crippen molar-refractivity contribution in [1.82, 2.24) is 20.0 Å². The largest absolute Gasteiger partial charge is 0.352 e. The topological polar surface area (TPSA) is 53.7 Å². The van der Waals surface area contributed by atoms with E-state index in [0.717, 1.165) is 10.7 Å². The van der Waals surface area contributed by atoms with Gasteiger partial charge in [0, 0.05) is 36.9 Å². The first kappa shape index (κ1) is 17.7. The van der Waals surface area contributed by atoms with E-state index in [-0.39, 0.29) is 29.8 Å². The minimum Gasteiger partial charge on any atom is -0.352 e. The molecule has 23 heavy (non-hydrogen) atoms. The molecule has 2 heterocycles. The molecule has 0 aliphatic rings. The zero-order valence-corrected chi connectivity index (χ0v) is 15.6. The fourth-order valence-corrected chi connectivity index (χ4v) is 2.80. The number of thiazole rings is 1. The third kappa shape index (κ3) is 4.41. The summed E-state index contributed by atoms with van der Waals surface area (Å²) >= 11 is 1.59. The van der Waals surface area contributed by atoms with Crippen LogP contribution in [0, 0.1) is 5.82 Å². The molecule has 122 valence electrons. The van der Waals surface area contributed by atoms with Gasteiger partial charge in [0.25, 0.3) is 0 Å². The first-order valence-electron chi connectivity index (χ1n) is 6.85. The van der Waals surface area contributed by atoms with Crippen molar-refractivity contribution in [3.05, 3.63) is 59.1 Å². The molecule has 8 heteroatoms. The number of guanidine groups is 1. The lowest BCUT2D eigenvalue weighted by Gasteiger charge is -2.11. The Hall–Kier alpha value is -1.68. The van der Waals surface area contributed by atoms with Crippen LogP contribution in [0.2, 0.25) is 0 Å². The van der Waals surface area contributed by atoms with Gasteiger partial charge < -0.3 is 10.6 Å². The smallest absolute Gasteiger partial charge is 0.193 e. The van der Waals surface area contributed by atoms with Crippen molar-refractivity contribution in [3.63, 3.8) is 0 Å². The number of rotatable bonds is 4. The Morgan fingerprint density at radius 1 is 1.30 bits per heavy atom. The lowest BCUT2D eigenvalue weighted by atomic mass is 10.2. The van der Waals surface area contributed by atoms with Crippen molar-refractivity contribution in [2.45, 2.75) is 13.1 Å². The van der Waals surface area contributed by atoms with Crippen LogP contribution in [0.15, 0.2) is 47.0 Å². The summed E-state index contributed by atoms with van der Waals surface area (Å²) in [6, 6.07) is 6.69. The minimum absolute atomic E-state index is 0. The lowest BCUT2D eigenvalue weighted by Crippen LogP contribution is -2.36. The number of aliphatic imine (C=N–C) groups is 1. The Bertz CT molecular complexity index is 769. The van der Waals surface area contributed by atoms with Crippen molar-refractivity contribution >= 4 is 46.2 Å². The molecule has 0 saturated heterocycles. The number of aromatic nitrogens is 2. The van der Waals surface area contributed by atoms with E-state index in [1.807, 2.05) is 28.2 Å². The van der Waals surface area contributed by atoms with E-state index in [0.29, 0.717) is 24.6 Å². The number of halogens is 2. The molecule has 5 nitrogen and oxygen atoms in total. The molecular weight excluding hydrogens is 428 g/mol. The van der Waals surface area contributed by atoms with Crippen LogP contribution in [0.4, 0.5) is 4.39 Å². The van der Waals surface area contributed by atoms with E-state index in [1.54, 1.807) is 30.5 Å². The second-order valence-corrected chi connectivity index (χ2v) is 5.57. The summed E-state index contributed by atoms with van der Waals surface area (Å²) in [6.45, 7) is 0.940. The van der Waals surface area contributed by atoms with Crippen LogP contribution >= 0.6 is 35.3 Å². The number of benzene rings is 1. The Balaban J connectivity index is 0.00000192. The van der Waals surface area contributed by atoms with E-state index in [1.165, 1.54) is 6.07 Å². The maximum absolute atomic E-state index is 13.6. The molecule has 3 aromatic rings. The molecule has 2 N–H and O–H groups in total. The molecule has 0 atom stereocenters. The normalized spacial score (nSPS) is 11.3. The Kier molecular flexibility index (Phi) is 6.34. The van der Waals surface area contributed by atoms with E-state index in [4.69, 9.17) is 0 Å². The zero-order chi connectivity index (χ0) is 15.4. The molecule has 0 bridgehead atoms. The van der Waals surface area contributed by atoms with Gasteiger partial charge >= 0.3 is 0 Å². The highest BCUT2D eigenvalue weighted by molar-refractivity contribution is 14.0. The quantitative estimate of drug-likeness (QED) is 0.369. The molecule has 0 aliphatic heterocycles. The van der Waals surface area contributed by atoms with Gasteiger partial charge in [-0.1, -0.05) is 18.2 Å². The maximum Gasteiger partial charge on any atom is 0.193 e. The van der Waals surface area contributed by atoms with E-state index in [2.05, 4.69) is 20.6 Å². The maximum atomic E-state index is 13.6. The van der Waals surface area contributed by atoms with Gasteiger partial charge in [-0.05, 0) is 6.07 Å². The molecule has 2 aromatic heterocycles. The summed E-state index contributed by atoms with van der Waals surface area (Å²) in [5.41, 5.74) is 1.54. The number of fused-ring (bicyclic) bond motifs is 1. The van der Waals surface area contributed by atoms with Gasteiger partial charge in [0.2, 0.25) is 0 Å². The first-order chi connectivity index (χ1) is 10.8. The Morgan fingerprint density at radius 2 is 2.09 bits per heavy atom. The van der Waals surface area contributed by atoms with Crippen LogP contribution in [0.5, 0.6) is 0 Å². The number of nitrogens with zero attached hydrogens (tertiary/aromatic N) is 3. The summed E-state index contributed by atoms with van der Waals surface area (Å²) in [5.74, 6) is 0.388. The summed E-state index contributed by atoms with van der Waals surface area (Å²) in [5, 5.41) is 8.26. The van der Waals surface area contributed by atoms with Crippen molar-refractivity contribution in [2.24, 2.45) is 4.99 Å². The minimum atomic E-state index is -0.222. The third-order valence-corrected chi connectivity index (χ3v) is 3.98. The summed E-state index contributed by atoms with van der Waals surface area (Å²) in [4.78, 5) is 9.58. The second kappa shape index (κ2) is 8.25. The van der Waals surface area contributed by atoms with E-state index >= 15 is 0 Å². The highest BCUT2D eigenvalue weighted by Gasteiger charge is 2.05. The molecule has 0 unspecified atom stereocenters. The van der Waals surface area contributed by atoms with Crippen molar-refractivity contribution in [3.8, 4) is 0 Å². The molecule has 0 amide bonds. The molecule has 0 saturated carbocycles. The molecule has 0 radical (unpaired) electrons. The van der Waals surface area contributed by atoms with Gasteiger partial charge in [-0.3, -0.25) is 9.39 Å². The van der Waals surface area contributed by atoms with Crippen molar-refractivity contribution in [1.29, 1.82) is 0 Å². The van der Waals surface area contributed by atoms with Crippen molar-refractivity contribution < 1.29 is 4.39 Å². The van der Waals surface area contributed by atoms with Crippen LogP contribution in [-0.4, -0.2) is 22.4 Å². The number of hydrogen-bond acceptors (Lipinski definition) is 3.